The molecule has 1 aliphatic rings. The minimum Gasteiger partial charge on any atom is -0.372 e. The number of nitrogens with one attached hydrogen (secondary N) is 1. The predicted molar refractivity (Wildman–Crippen MR) is 55.7 cm³/mol. The van der Waals surface area contributed by atoms with Gasteiger partial charge >= 0.3 is 0 Å². The van der Waals surface area contributed by atoms with E-state index in [0.717, 1.165) is 25.3 Å². The normalized spacial score (nSPS) is 13.2. The first-order valence-corrected chi connectivity index (χ1v) is 4.73. The Morgan fingerprint density at radius 3 is 3.07 bits per heavy atom. The number of rotatable bonds is 1. The first-order valence-electron chi connectivity index (χ1n) is 4.73. The third-order valence-electron chi connectivity index (χ3n) is 2.22. The molecule has 0 atom stereocenters. The number of ether oxygens (including phenoxy) is 1. The number of benzene rings is 1. The summed E-state index contributed by atoms with van der Waals surface area (Å²) in [5.41, 5.74) is 3.65. The van der Waals surface area contributed by atoms with Crippen LogP contribution >= 0.6 is 0 Å². The highest BCUT2D eigenvalue weighted by Crippen LogP contribution is 2.20. The van der Waals surface area contributed by atoms with Crippen molar-refractivity contribution in [2.45, 2.75) is 13.2 Å². The van der Waals surface area contributed by atoms with Crippen molar-refractivity contribution in [1.29, 1.82) is 0 Å². The van der Waals surface area contributed by atoms with Gasteiger partial charge in [0.1, 0.15) is 0 Å². The topological polar surface area (TPSA) is 21.3 Å². The average Bonchev–Trinajstić information content (AvgIpc) is 2.65. The Morgan fingerprint density at radius 2 is 2.21 bits per heavy atom. The maximum Gasteiger partial charge on any atom is 0.0725 e. The molecule has 1 aromatic rings. The smallest absolute Gasteiger partial charge is 0.0725 e. The van der Waals surface area contributed by atoms with Crippen LogP contribution in [0.4, 0.5) is 0 Å². The van der Waals surface area contributed by atoms with Gasteiger partial charge in [-0.05, 0) is 30.3 Å². The van der Waals surface area contributed by atoms with Crippen LogP contribution < -0.4 is 5.32 Å². The minimum atomic E-state index is 0.730. The highest BCUT2D eigenvalue weighted by atomic mass is 16.5. The summed E-state index contributed by atoms with van der Waals surface area (Å²) in [5, 5.41) is 2.99. The van der Waals surface area contributed by atoms with Crippen LogP contribution in [0.1, 0.15) is 16.7 Å². The van der Waals surface area contributed by atoms with Crippen molar-refractivity contribution in [3.05, 3.63) is 34.9 Å². The summed E-state index contributed by atoms with van der Waals surface area (Å²) in [7, 11) is 1.89. The first kappa shape index (κ1) is 9.26. The standard InChI is InChI=1S/C12H13NO/c1-13-6-2-3-10-4-5-11-8-14-9-12(11)7-10/h4-5,7,13H,6,8-9H2,1H3. The Bertz CT molecular complexity index is 387. The van der Waals surface area contributed by atoms with Crippen LogP contribution in [0.3, 0.4) is 0 Å². The Kier molecular flexibility index (Phi) is 2.83. The van der Waals surface area contributed by atoms with Crippen molar-refractivity contribution < 1.29 is 4.74 Å². The highest BCUT2D eigenvalue weighted by Gasteiger charge is 2.09. The molecule has 0 saturated carbocycles. The van der Waals surface area contributed by atoms with Gasteiger partial charge in [-0.3, -0.25) is 0 Å². The lowest BCUT2D eigenvalue weighted by Crippen LogP contribution is -2.04. The molecule has 0 spiro atoms. The molecule has 2 heteroatoms. The summed E-state index contributed by atoms with van der Waals surface area (Å²) < 4.78 is 5.34. The van der Waals surface area contributed by atoms with Crippen LogP contribution in [0, 0.1) is 11.8 Å². The molecule has 72 valence electrons. The van der Waals surface area contributed by atoms with Crippen LogP contribution in [0.5, 0.6) is 0 Å². The summed E-state index contributed by atoms with van der Waals surface area (Å²) >= 11 is 0. The number of hydrogen-bond donors (Lipinski definition) is 1. The van der Waals surface area contributed by atoms with Gasteiger partial charge < -0.3 is 10.1 Å². The van der Waals surface area contributed by atoms with E-state index < -0.39 is 0 Å². The molecule has 1 aliphatic heterocycles. The molecule has 0 aliphatic carbocycles. The lowest BCUT2D eigenvalue weighted by atomic mass is 10.1. The zero-order chi connectivity index (χ0) is 9.80. The maximum atomic E-state index is 5.34. The Hall–Kier alpha value is -1.30. The zero-order valence-electron chi connectivity index (χ0n) is 8.26. The molecule has 14 heavy (non-hydrogen) atoms. The first-order chi connectivity index (χ1) is 6.90. The van der Waals surface area contributed by atoms with E-state index in [1.165, 1.54) is 11.1 Å². The quantitative estimate of drug-likeness (QED) is 0.669. The average molecular weight is 187 g/mol. The highest BCUT2D eigenvalue weighted by molar-refractivity contribution is 5.41. The molecule has 2 rings (SSSR count). The zero-order valence-corrected chi connectivity index (χ0v) is 8.26. The molecule has 1 heterocycles. The van der Waals surface area contributed by atoms with Gasteiger partial charge in [-0.2, -0.15) is 0 Å². The van der Waals surface area contributed by atoms with E-state index in [0.29, 0.717) is 0 Å². The molecule has 1 aromatic carbocycles. The Morgan fingerprint density at radius 1 is 1.36 bits per heavy atom. The second-order valence-corrected chi connectivity index (χ2v) is 3.31. The summed E-state index contributed by atoms with van der Waals surface area (Å²) in [4.78, 5) is 0. The Labute approximate surface area is 84.3 Å². The fourth-order valence-electron chi connectivity index (χ4n) is 1.48. The number of fused-ring (bicyclic) bond motifs is 1. The maximum absolute atomic E-state index is 5.34. The molecular formula is C12H13NO. The van der Waals surface area contributed by atoms with Crippen molar-refractivity contribution in [2.75, 3.05) is 13.6 Å². The summed E-state index contributed by atoms with van der Waals surface area (Å²) in [5.74, 6) is 6.15. The van der Waals surface area contributed by atoms with Crippen molar-refractivity contribution in [1.82, 2.24) is 5.32 Å². The van der Waals surface area contributed by atoms with Gasteiger partial charge in [-0.15, -0.1) is 0 Å². The van der Waals surface area contributed by atoms with E-state index in [1.807, 2.05) is 7.05 Å². The molecule has 1 N–H and O–H groups in total. The third-order valence-corrected chi connectivity index (χ3v) is 2.22. The second-order valence-electron chi connectivity index (χ2n) is 3.31. The van der Waals surface area contributed by atoms with Gasteiger partial charge in [0.05, 0.1) is 19.8 Å². The van der Waals surface area contributed by atoms with Crippen molar-refractivity contribution >= 4 is 0 Å². The lowest BCUT2D eigenvalue weighted by Gasteiger charge is -1.96. The molecule has 0 bridgehead atoms. The van der Waals surface area contributed by atoms with Crippen molar-refractivity contribution in [3.63, 3.8) is 0 Å². The molecule has 0 unspecified atom stereocenters. The molecule has 0 amide bonds. The fraction of sp³-hybridized carbons (Fsp3) is 0.333. The molecule has 2 nitrogen and oxygen atoms in total. The van der Waals surface area contributed by atoms with E-state index in [1.54, 1.807) is 0 Å². The van der Waals surface area contributed by atoms with Gasteiger partial charge in [0.15, 0.2) is 0 Å². The number of hydrogen-bond acceptors (Lipinski definition) is 2. The largest absolute Gasteiger partial charge is 0.372 e. The third kappa shape index (κ3) is 1.95. The van der Waals surface area contributed by atoms with E-state index >= 15 is 0 Å². The van der Waals surface area contributed by atoms with E-state index in [-0.39, 0.29) is 0 Å². The van der Waals surface area contributed by atoms with Gasteiger partial charge in [-0.25, -0.2) is 0 Å². The Balaban J connectivity index is 2.18. The van der Waals surface area contributed by atoms with Crippen molar-refractivity contribution in [2.24, 2.45) is 0 Å². The minimum absolute atomic E-state index is 0.730. The van der Waals surface area contributed by atoms with Crippen molar-refractivity contribution in [3.8, 4) is 11.8 Å². The van der Waals surface area contributed by atoms with Crippen LogP contribution in [0.2, 0.25) is 0 Å². The van der Waals surface area contributed by atoms with E-state index in [9.17, 15) is 0 Å². The molecule has 0 radical (unpaired) electrons. The summed E-state index contributed by atoms with van der Waals surface area (Å²) in [6, 6.07) is 6.27. The van der Waals surface area contributed by atoms with Crippen LogP contribution in [-0.2, 0) is 18.0 Å². The molecule has 0 aromatic heterocycles. The van der Waals surface area contributed by atoms with Gasteiger partial charge in [0, 0.05) is 5.56 Å². The van der Waals surface area contributed by atoms with Crippen LogP contribution in [0.15, 0.2) is 18.2 Å². The van der Waals surface area contributed by atoms with Crippen LogP contribution in [0.25, 0.3) is 0 Å². The fourth-order valence-corrected chi connectivity index (χ4v) is 1.48. The van der Waals surface area contributed by atoms with Gasteiger partial charge in [0.25, 0.3) is 0 Å². The lowest BCUT2D eigenvalue weighted by molar-refractivity contribution is 0.134. The molecule has 0 fully saturated rings. The predicted octanol–water partition coefficient (Wildman–Crippen LogP) is 1.29. The monoisotopic (exact) mass is 187 g/mol. The summed E-state index contributed by atoms with van der Waals surface area (Å²) in [6.07, 6.45) is 0. The van der Waals surface area contributed by atoms with Gasteiger partial charge in [-0.1, -0.05) is 17.9 Å². The SMILES string of the molecule is CNCC#Cc1ccc2c(c1)COC2. The van der Waals surface area contributed by atoms with Gasteiger partial charge in [0.2, 0.25) is 0 Å². The molecular weight excluding hydrogens is 174 g/mol. The second kappa shape index (κ2) is 4.28. The van der Waals surface area contributed by atoms with E-state index in [4.69, 9.17) is 4.74 Å². The summed E-state index contributed by atoms with van der Waals surface area (Å²) in [6.45, 7) is 2.21. The molecule has 0 saturated heterocycles. The van der Waals surface area contributed by atoms with Crippen LogP contribution in [-0.4, -0.2) is 13.6 Å². The van der Waals surface area contributed by atoms with E-state index in [2.05, 4.69) is 35.4 Å².